The number of rotatable bonds is 6. The lowest BCUT2D eigenvalue weighted by molar-refractivity contribution is -0.157. The molecule has 4 atom stereocenters. The molecule has 2 aliphatic rings. The largest absolute Gasteiger partial charge is 0.465 e. The van der Waals surface area contributed by atoms with Gasteiger partial charge in [-0.1, -0.05) is 51.4 Å². The molecule has 1 aliphatic heterocycles. The van der Waals surface area contributed by atoms with E-state index in [0.29, 0.717) is 43.8 Å². The predicted molar refractivity (Wildman–Crippen MR) is 129 cm³/mol. The summed E-state index contributed by atoms with van der Waals surface area (Å²) in [5, 5.41) is 26.5. The van der Waals surface area contributed by atoms with Crippen LogP contribution < -0.4 is 10.6 Å². The molecule has 3 amide bonds. The molecule has 2 unspecified atom stereocenters. The van der Waals surface area contributed by atoms with Crippen molar-refractivity contribution in [2.45, 2.75) is 71.1 Å². The van der Waals surface area contributed by atoms with Crippen LogP contribution in [0.2, 0.25) is 5.02 Å². The van der Waals surface area contributed by atoms with Gasteiger partial charge in [-0.2, -0.15) is 0 Å². The van der Waals surface area contributed by atoms with E-state index in [4.69, 9.17) is 16.7 Å². The Bertz CT molecular complexity index is 920. The lowest BCUT2D eigenvalue weighted by Crippen LogP contribution is -2.60. The first-order valence-corrected chi connectivity index (χ1v) is 12.3. The molecule has 4 N–H and O–H groups in total. The average molecular weight is 494 g/mol. The first-order valence-electron chi connectivity index (χ1n) is 11.9. The minimum Gasteiger partial charge on any atom is -0.465 e. The van der Waals surface area contributed by atoms with Crippen LogP contribution in [-0.4, -0.2) is 58.2 Å². The van der Waals surface area contributed by atoms with Crippen molar-refractivity contribution in [3.8, 4) is 0 Å². The molecule has 8 nitrogen and oxygen atoms in total. The molecule has 0 spiro atoms. The Morgan fingerprint density at radius 2 is 1.79 bits per heavy atom. The van der Waals surface area contributed by atoms with Crippen molar-refractivity contribution < 1.29 is 24.6 Å². The molecule has 1 saturated carbocycles. The molecule has 1 heterocycles. The van der Waals surface area contributed by atoms with E-state index in [1.54, 1.807) is 17.0 Å². The van der Waals surface area contributed by atoms with Gasteiger partial charge in [-0.25, -0.2) is 4.79 Å². The lowest BCUT2D eigenvalue weighted by atomic mass is 9.66. The van der Waals surface area contributed by atoms with E-state index in [9.17, 15) is 19.5 Å². The summed E-state index contributed by atoms with van der Waals surface area (Å²) in [4.78, 5) is 39.0. The lowest BCUT2D eigenvalue weighted by Gasteiger charge is -2.51. The third kappa shape index (κ3) is 5.49. The zero-order valence-corrected chi connectivity index (χ0v) is 21.1. The van der Waals surface area contributed by atoms with E-state index in [2.05, 4.69) is 10.6 Å². The number of carbonyl (C=O) groups is 3. The molecular formula is C25H36ClN3O5. The summed E-state index contributed by atoms with van der Waals surface area (Å²) in [5.41, 5.74) is -0.962. The summed E-state index contributed by atoms with van der Waals surface area (Å²) in [6.07, 6.45) is 0.904. The molecule has 0 aromatic heterocycles. The van der Waals surface area contributed by atoms with E-state index in [0.717, 1.165) is 5.56 Å². The van der Waals surface area contributed by atoms with Gasteiger partial charge in [-0.15, -0.1) is 0 Å². The Morgan fingerprint density at radius 3 is 2.35 bits per heavy atom. The smallest absolute Gasteiger partial charge is 0.404 e. The van der Waals surface area contributed by atoms with E-state index >= 15 is 0 Å². The number of nitrogens with one attached hydrogen (secondary N) is 2. The summed E-state index contributed by atoms with van der Waals surface area (Å²) < 4.78 is 0. The summed E-state index contributed by atoms with van der Waals surface area (Å²) in [6.45, 7) is 8.39. The highest BCUT2D eigenvalue weighted by Gasteiger charge is 2.50. The van der Waals surface area contributed by atoms with Crippen molar-refractivity contribution in [1.82, 2.24) is 15.5 Å². The third-order valence-corrected chi connectivity index (χ3v) is 7.70. The minimum absolute atomic E-state index is 0.119. The van der Waals surface area contributed by atoms with Crippen molar-refractivity contribution in [3.63, 3.8) is 0 Å². The van der Waals surface area contributed by atoms with E-state index in [1.807, 2.05) is 39.8 Å². The summed E-state index contributed by atoms with van der Waals surface area (Å²) in [5.74, 6) is -0.812. The highest BCUT2D eigenvalue weighted by atomic mass is 35.5. The Labute approximate surface area is 206 Å². The number of nitrogens with zero attached hydrogens (tertiary/aromatic N) is 1. The first-order chi connectivity index (χ1) is 15.8. The number of carbonyl (C=O) groups excluding carboxylic acids is 2. The summed E-state index contributed by atoms with van der Waals surface area (Å²) >= 11 is 6.02. The number of aliphatic hydroxyl groups is 1. The Morgan fingerprint density at radius 1 is 1.15 bits per heavy atom. The van der Waals surface area contributed by atoms with Gasteiger partial charge in [0.15, 0.2) is 0 Å². The summed E-state index contributed by atoms with van der Waals surface area (Å²) in [7, 11) is 0. The Kier molecular flexibility index (Phi) is 7.82. The Balaban J connectivity index is 1.68. The zero-order valence-electron chi connectivity index (χ0n) is 20.3. The van der Waals surface area contributed by atoms with E-state index < -0.39 is 23.2 Å². The zero-order chi connectivity index (χ0) is 25.3. The van der Waals surface area contributed by atoms with Crippen LogP contribution in [0.15, 0.2) is 24.3 Å². The summed E-state index contributed by atoms with van der Waals surface area (Å²) in [6, 6.07) is 6.24. The fraction of sp³-hybridized carbons (Fsp3) is 0.640. The number of halogens is 1. The molecule has 188 valence electrons. The van der Waals surface area contributed by atoms with Gasteiger partial charge in [-0.05, 0) is 49.3 Å². The van der Waals surface area contributed by atoms with Gasteiger partial charge in [0.25, 0.3) is 0 Å². The van der Waals surface area contributed by atoms with Crippen molar-refractivity contribution in [2.75, 3.05) is 13.1 Å². The molecule has 3 rings (SSSR count). The quantitative estimate of drug-likeness (QED) is 0.484. The monoisotopic (exact) mass is 493 g/mol. The molecule has 1 aliphatic carbocycles. The van der Waals surface area contributed by atoms with Crippen LogP contribution in [0.3, 0.4) is 0 Å². The van der Waals surface area contributed by atoms with Crippen LogP contribution in [0.1, 0.15) is 58.9 Å². The van der Waals surface area contributed by atoms with Crippen LogP contribution in [0.25, 0.3) is 0 Å². The topological polar surface area (TPSA) is 119 Å². The second kappa shape index (κ2) is 10.1. The number of carboxylic acid groups (broad SMARTS) is 1. The van der Waals surface area contributed by atoms with Gasteiger partial charge < -0.3 is 25.7 Å². The molecule has 9 heteroatoms. The van der Waals surface area contributed by atoms with E-state index in [1.165, 1.54) is 0 Å². The van der Waals surface area contributed by atoms with Crippen molar-refractivity contribution in [1.29, 1.82) is 0 Å². The van der Waals surface area contributed by atoms with Gasteiger partial charge in [0.2, 0.25) is 11.8 Å². The van der Waals surface area contributed by atoms with Crippen LogP contribution in [0.4, 0.5) is 4.79 Å². The SMILES string of the molecule is CC(C)[C@@H](NC(=O)C1CCC(NC(=O)O)C1)C(=O)N1CC[C@](O)(c2ccc(Cl)cc2)C(C)(C)C1. The van der Waals surface area contributed by atoms with Crippen molar-refractivity contribution in [3.05, 3.63) is 34.9 Å². The number of amides is 3. The van der Waals surface area contributed by atoms with Gasteiger partial charge in [-0.3, -0.25) is 9.59 Å². The van der Waals surface area contributed by atoms with Crippen LogP contribution in [0.5, 0.6) is 0 Å². The molecule has 0 radical (unpaired) electrons. The number of likely N-dealkylation sites (tertiary alicyclic amines) is 1. The number of piperidine rings is 1. The third-order valence-electron chi connectivity index (χ3n) is 7.44. The standard InChI is InChI=1S/C25H36ClN3O5/c1-15(2)20(28-21(30)16-5-10-19(13-16)27-23(32)33)22(31)29-12-11-25(34,24(3,4)14-29)17-6-8-18(26)9-7-17/h6-9,15-16,19-20,27,34H,5,10-14H2,1-4H3,(H,28,30)(H,32,33)/t16?,19?,20-,25+/m1/s1. The molecule has 1 aromatic rings. The van der Waals surface area contributed by atoms with Gasteiger partial charge in [0.1, 0.15) is 6.04 Å². The molecule has 34 heavy (non-hydrogen) atoms. The van der Waals surface area contributed by atoms with Crippen molar-refractivity contribution >= 4 is 29.5 Å². The second-order valence-electron chi connectivity index (χ2n) is 10.6. The highest BCUT2D eigenvalue weighted by molar-refractivity contribution is 6.30. The maximum absolute atomic E-state index is 13.5. The maximum Gasteiger partial charge on any atom is 0.404 e. The van der Waals surface area contributed by atoms with Crippen LogP contribution in [0, 0.1) is 17.3 Å². The van der Waals surface area contributed by atoms with Gasteiger partial charge in [0.05, 0.1) is 5.60 Å². The highest BCUT2D eigenvalue weighted by Crippen LogP contribution is 2.46. The molecule has 0 bridgehead atoms. The van der Waals surface area contributed by atoms with Crippen LogP contribution in [-0.2, 0) is 15.2 Å². The Hall–Kier alpha value is -2.32. The van der Waals surface area contributed by atoms with Crippen LogP contribution >= 0.6 is 11.6 Å². The fourth-order valence-electron chi connectivity index (χ4n) is 5.28. The molecular weight excluding hydrogens is 458 g/mol. The predicted octanol–water partition coefficient (Wildman–Crippen LogP) is 3.36. The maximum atomic E-state index is 13.5. The van der Waals surface area contributed by atoms with Crippen molar-refractivity contribution in [2.24, 2.45) is 17.3 Å². The molecule has 1 aromatic carbocycles. The second-order valence-corrected chi connectivity index (χ2v) is 11.1. The molecule has 2 fully saturated rings. The first kappa shape index (κ1) is 26.3. The number of benzene rings is 1. The average Bonchev–Trinajstić information content (AvgIpc) is 3.21. The fourth-order valence-corrected chi connectivity index (χ4v) is 5.40. The number of hydrogen-bond acceptors (Lipinski definition) is 4. The minimum atomic E-state index is -1.11. The molecule has 1 saturated heterocycles. The number of hydrogen-bond donors (Lipinski definition) is 4. The van der Waals surface area contributed by atoms with E-state index in [-0.39, 0.29) is 29.7 Å². The van der Waals surface area contributed by atoms with Gasteiger partial charge in [0, 0.05) is 35.5 Å². The normalized spacial score (nSPS) is 27.3. The van der Waals surface area contributed by atoms with Gasteiger partial charge >= 0.3 is 6.09 Å².